The second-order valence-corrected chi connectivity index (χ2v) is 4.03. The van der Waals surface area contributed by atoms with Crippen LogP contribution < -0.4 is 0 Å². The van der Waals surface area contributed by atoms with Gasteiger partial charge in [-0.25, -0.2) is 0 Å². The van der Waals surface area contributed by atoms with Crippen LogP contribution in [-0.2, 0) is 12.6 Å². The first kappa shape index (κ1) is 14.1. The zero-order chi connectivity index (χ0) is 13.8. The molecule has 0 saturated carbocycles. The van der Waals surface area contributed by atoms with Crippen molar-refractivity contribution >= 4 is 0 Å². The Morgan fingerprint density at radius 3 is 1.89 bits per heavy atom. The van der Waals surface area contributed by atoms with Gasteiger partial charge in [-0.15, -0.1) is 0 Å². The van der Waals surface area contributed by atoms with Crippen molar-refractivity contribution in [3.05, 3.63) is 35.4 Å². The van der Waals surface area contributed by atoms with Gasteiger partial charge >= 0.3 is 6.18 Å². The van der Waals surface area contributed by atoms with Gasteiger partial charge in [-0.2, -0.15) is 23.7 Å². The van der Waals surface area contributed by atoms with E-state index in [2.05, 4.69) is 0 Å². The third-order valence-corrected chi connectivity index (χ3v) is 2.82. The molecule has 1 aromatic rings. The fraction of sp³-hybridized carbons (Fsp3) is 0.385. The van der Waals surface area contributed by atoms with Crippen LogP contribution in [0.5, 0.6) is 0 Å². The van der Waals surface area contributed by atoms with Crippen molar-refractivity contribution in [2.75, 3.05) is 0 Å². The van der Waals surface area contributed by atoms with Gasteiger partial charge in [0.25, 0.3) is 0 Å². The van der Waals surface area contributed by atoms with Crippen LogP contribution in [0, 0.1) is 28.1 Å². The quantitative estimate of drug-likeness (QED) is 0.823. The van der Waals surface area contributed by atoms with Gasteiger partial charge in [0.05, 0.1) is 17.7 Å². The van der Waals surface area contributed by atoms with Crippen molar-refractivity contribution in [2.45, 2.75) is 25.9 Å². The van der Waals surface area contributed by atoms with Gasteiger partial charge in [-0.05, 0) is 24.1 Å². The number of nitriles is 2. The Balaban J connectivity index is 2.95. The predicted molar refractivity (Wildman–Crippen MR) is 59.1 cm³/mol. The summed E-state index contributed by atoms with van der Waals surface area (Å²) in [6.45, 7) is 1.70. The van der Waals surface area contributed by atoms with Crippen LogP contribution in [-0.4, -0.2) is 0 Å². The number of rotatable bonds is 3. The van der Waals surface area contributed by atoms with E-state index in [1.165, 1.54) is 12.1 Å². The monoisotopic (exact) mass is 252 g/mol. The third-order valence-electron chi connectivity index (χ3n) is 2.82. The van der Waals surface area contributed by atoms with Crippen molar-refractivity contribution in [3.63, 3.8) is 0 Å². The highest BCUT2D eigenvalue weighted by Gasteiger charge is 2.31. The van der Waals surface area contributed by atoms with E-state index in [0.29, 0.717) is 12.0 Å². The summed E-state index contributed by atoms with van der Waals surface area (Å²) >= 11 is 0. The fourth-order valence-electron chi connectivity index (χ4n) is 1.55. The van der Waals surface area contributed by atoms with Gasteiger partial charge in [-0.3, -0.25) is 0 Å². The summed E-state index contributed by atoms with van der Waals surface area (Å²) in [5.41, 5.74) is -1.35. The average molecular weight is 252 g/mol. The molecule has 0 bridgehead atoms. The summed E-state index contributed by atoms with van der Waals surface area (Å²) in [7, 11) is 0. The second kappa shape index (κ2) is 5.10. The number of nitrogens with zero attached hydrogens (tertiary/aromatic N) is 2. The molecule has 0 aliphatic rings. The van der Waals surface area contributed by atoms with Crippen LogP contribution >= 0.6 is 0 Å². The van der Waals surface area contributed by atoms with Crippen LogP contribution in [0.15, 0.2) is 24.3 Å². The van der Waals surface area contributed by atoms with E-state index >= 15 is 0 Å². The molecular formula is C13H11F3N2. The standard InChI is InChI=1S/C13H11F3N2/c1-2-12(8-17,9-18)7-10-3-5-11(6-4-10)13(14,15)16/h3-6H,2,7H2,1H3. The molecule has 0 N–H and O–H groups in total. The Bertz CT molecular complexity index is 475. The first-order valence-corrected chi connectivity index (χ1v) is 5.35. The first-order chi connectivity index (χ1) is 8.37. The molecule has 0 atom stereocenters. The van der Waals surface area contributed by atoms with E-state index < -0.39 is 17.2 Å². The topological polar surface area (TPSA) is 47.6 Å². The molecular weight excluding hydrogens is 241 g/mol. The molecule has 18 heavy (non-hydrogen) atoms. The van der Waals surface area contributed by atoms with E-state index in [1.807, 2.05) is 12.1 Å². The van der Waals surface area contributed by atoms with Crippen molar-refractivity contribution in [1.82, 2.24) is 0 Å². The Hall–Kier alpha value is -2.01. The number of halogens is 3. The lowest BCUT2D eigenvalue weighted by atomic mass is 9.82. The molecule has 1 rings (SSSR count). The van der Waals surface area contributed by atoms with Gasteiger partial charge in [0.15, 0.2) is 0 Å². The Labute approximate surface area is 103 Å². The van der Waals surface area contributed by atoms with Gasteiger partial charge < -0.3 is 0 Å². The zero-order valence-corrected chi connectivity index (χ0v) is 9.75. The molecule has 2 nitrogen and oxygen atoms in total. The van der Waals surface area contributed by atoms with Crippen LogP contribution in [0.1, 0.15) is 24.5 Å². The SMILES string of the molecule is CCC(C#N)(C#N)Cc1ccc(C(F)(F)F)cc1. The fourth-order valence-corrected chi connectivity index (χ4v) is 1.55. The summed E-state index contributed by atoms with van der Waals surface area (Å²) in [5, 5.41) is 17.9. The normalized spacial score (nSPS) is 11.7. The van der Waals surface area contributed by atoms with Crippen molar-refractivity contribution in [1.29, 1.82) is 10.5 Å². The number of benzene rings is 1. The summed E-state index contributed by atoms with van der Waals surface area (Å²) in [4.78, 5) is 0. The molecule has 0 heterocycles. The molecule has 94 valence electrons. The summed E-state index contributed by atoms with van der Waals surface area (Å²) in [6, 6.07) is 8.39. The van der Waals surface area contributed by atoms with Crippen LogP contribution in [0.3, 0.4) is 0 Å². The Morgan fingerprint density at radius 2 is 1.56 bits per heavy atom. The van der Waals surface area contributed by atoms with Gasteiger partial charge in [0.2, 0.25) is 0 Å². The molecule has 0 spiro atoms. The summed E-state index contributed by atoms with van der Waals surface area (Å²) < 4.78 is 37.1. The van der Waals surface area contributed by atoms with E-state index in [1.54, 1.807) is 6.92 Å². The highest BCUT2D eigenvalue weighted by molar-refractivity contribution is 5.28. The van der Waals surface area contributed by atoms with E-state index in [0.717, 1.165) is 12.1 Å². The molecule has 0 amide bonds. The van der Waals surface area contributed by atoms with Gasteiger partial charge in [0, 0.05) is 6.42 Å². The smallest absolute Gasteiger partial charge is 0.197 e. The van der Waals surface area contributed by atoms with Crippen LogP contribution in [0.2, 0.25) is 0 Å². The van der Waals surface area contributed by atoms with Gasteiger partial charge in [0.1, 0.15) is 5.41 Å². The van der Waals surface area contributed by atoms with Crippen molar-refractivity contribution < 1.29 is 13.2 Å². The Morgan fingerprint density at radius 1 is 1.06 bits per heavy atom. The molecule has 0 aromatic heterocycles. The molecule has 0 unspecified atom stereocenters. The number of hydrogen-bond donors (Lipinski definition) is 0. The maximum atomic E-state index is 12.4. The summed E-state index contributed by atoms with van der Waals surface area (Å²) in [5.74, 6) is 0. The van der Waals surface area contributed by atoms with Crippen LogP contribution in [0.25, 0.3) is 0 Å². The molecule has 0 aliphatic heterocycles. The highest BCUT2D eigenvalue weighted by atomic mass is 19.4. The molecule has 0 radical (unpaired) electrons. The zero-order valence-electron chi connectivity index (χ0n) is 9.75. The maximum absolute atomic E-state index is 12.4. The van der Waals surface area contributed by atoms with E-state index in [9.17, 15) is 13.2 Å². The van der Waals surface area contributed by atoms with E-state index in [4.69, 9.17) is 10.5 Å². The second-order valence-electron chi connectivity index (χ2n) is 4.03. The van der Waals surface area contributed by atoms with Crippen LogP contribution in [0.4, 0.5) is 13.2 Å². The number of hydrogen-bond acceptors (Lipinski definition) is 2. The van der Waals surface area contributed by atoms with E-state index in [-0.39, 0.29) is 6.42 Å². The lowest BCUT2D eigenvalue weighted by molar-refractivity contribution is -0.137. The predicted octanol–water partition coefficient (Wildman–Crippen LogP) is 3.69. The van der Waals surface area contributed by atoms with Crippen molar-refractivity contribution in [3.8, 4) is 12.1 Å². The molecule has 0 aliphatic carbocycles. The summed E-state index contributed by atoms with van der Waals surface area (Å²) in [6.07, 6.45) is -3.90. The molecule has 0 saturated heterocycles. The molecule has 5 heteroatoms. The first-order valence-electron chi connectivity index (χ1n) is 5.35. The number of alkyl halides is 3. The average Bonchev–Trinajstić information content (AvgIpc) is 2.36. The van der Waals surface area contributed by atoms with Crippen molar-refractivity contribution in [2.24, 2.45) is 5.41 Å². The Kier molecular flexibility index (Phi) is 3.98. The maximum Gasteiger partial charge on any atom is 0.416 e. The molecule has 0 fully saturated rings. The largest absolute Gasteiger partial charge is 0.416 e. The minimum absolute atomic E-state index is 0.134. The minimum atomic E-state index is -4.37. The molecule has 1 aromatic carbocycles. The highest BCUT2D eigenvalue weighted by Crippen LogP contribution is 2.31. The lowest BCUT2D eigenvalue weighted by Crippen LogP contribution is -2.18. The minimum Gasteiger partial charge on any atom is -0.197 e. The lowest BCUT2D eigenvalue weighted by Gasteiger charge is -2.16. The third kappa shape index (κ3) is 3.01. The van der Waals surface area contributed by atoms with Gasteiger partial charge in [-0.1, -0.05) is 19.1 Å².